The summed E-state index contributed by atoms with van der Waals surface area (Å²) in [6, 6.07) is 6.98. The van der Waals surface area contributed by atoms with Crippen molar-refractivity contribution in [3.63, 3.8) is 0 Å². The molecule has 0 radical (unpaired) electrons. The molecule has 1 N–H and O–H groups in total. The summed E-state index contributed by atoms with van der Waals surface area (Å²) in [5.74, 6) is 0.773. The maximum absolute atomic E-state index is 9.21. The third kappa shape index (κ3) is 5.46. The number of benzene rings is 1. The van der Waals surface area contributed by atoms with Crippen molar-refractivity contribution in [1.29, 1.82) is 0 Å². The molecule has 0 atom stereocenters. The van der Waals surface area contributed by atoms with Gasteiger partial charge in [0, 0.05) is 0 Å². The van der Waals surface area contributed by atoms with Crippen LogP contribution >= 0.6 is 0 Å². The smallest absolute Gasteiger partial charge is 0.160 e. The SMILES string of the molecule is CCC.CCCOc1ccccc1O. The molecule has 0 amide bonds. The molecule has 0 bridgehead atoms. The Morgan fingerprint density at radius 3 is 2.21 bits per heavy atom. The average Bonchev–Trinajstić information content (AvgIpc) is 2.18. The average molecular weight is 196 g/mol. The van der Waals surface area contributed by atoms with E-state index >= 15 is 0 Å². The van der Waals surface area contributed by atoms with E-state index in [-0.39, 0.29) is 5.75 Å². The van der Waals surface area contributed by atoms with Crippen molar-refractivity contribution in [3.05, 3.63) is 24.3 Å². The van der Waals surface area contributed by atoms with E-state index in [2.05, 4.69) is 13.8 Å². The number of aromatic hydroxyl groups is 1. The third-order valence-electron chi connectivity index (χ3n) is 1.33. The maximum Gasteiger partial charge on any atom is 0.160 e. The fourth-order valence-corrected chi connectivity index (χ4v) is 0.791. The van der Waals surface area contributed by atoms with Gasteiger partial charge in [0.2, 0.25) is 0 Å². The molecule has 1 rings (SSSR count). The predicted octanol–water partition coefficient (Wildman–Crippen LogP) is 3.60. The monoisotopic (exact) mass is 196 g/mol. The van der Waals surface area contributed by atoms with Crippen LogP contribution in [0.2, 0.25) is 0 Å². The highest BCUT2D eigenvalue weighted by molar-refractivity contribution is 5.37. The molecular formula is C12H20O2. The van der Waals surface area contributed by atoms with Gasteiger partial charge in [-0.3, -0.25) is 0 Å². The van der Waals surface area contributed by atoms with Crippen molar-refractivity contribution in [2.24, 2.45) is 0 Å². The highest BCUT2D eigenvalue weighted by atomic mass is 16.5. The van der Waals surface area contributed by atoms with E-state index in [1.165, 1.54) is 6.42 Å². The molecule has 80 valence electrons. The van der Waals surface area contributed by atoms with Gasteiger partial charge in [0.25, 0.3) is 0 Å². The number of para-hydroxylation sites is 2. The number of ether oxygens (including phenoxy) is 1. The number of phenolic OH excluding ortho intramolecular Hbond substituents is 1. The lowest BCUT2D eigenvalue weighted by Gasteiger charge is -2.04. The maximum atomic E-state index is 9.21. The Hall–Kier alpha value is -1.18. The van der Waals surface area contributed by atoms with Gasteiger partial charge in [-0.15, -0.1) is 0 Å². The highest BCUT2D eigenvalue weighted by Crippen LogP contribution is 2.24. The highest BCUT2D eigenvalue weighted by Gasteiger charge is 1.97. The normalized spacial score (nSPS) is 8.79. The Labute approximate surface area is 86.5 Å². The fourth-order valence-electron chi connectivity index (χ4n) is 0.791. The quantitative estimate of drug-likeness (QED) is 0.800. The van der Waals surface area contributed by atoms with Gasteiger partial charge in [-0.2, -0.15) is 0 Å². The summed E-state index contributed by atoms with van der Waals surface area (Å²) < 4.78 is 5.24. The Kier molecular flexibility index (Phi) is 7.71. The third-order valence-corrected chi connectivity index (χ3v) is 1.33. The molecule has 2 nitrogen and oxygen atoms in total. The van der Waals surface area contributed by atoms with Gasteiger partial charge in [-0.25, -0.2) is 0 Å². The van der Waals surface area contributed by atoms with Crippen LogP contribution < -0.4 is 4.74 Å². The topological polar surface area (TPSA) is 29.5 Å². The summed E-state index contributed by atoms with van der Waals surface area (Å²) in [5, 5.41) is 9.21. The van der Waals surface area contributed by atoms with E-state index in [0.717, 1.165) is 6.42 Å². The zero-order chi connectivity index (χ0) is 10.8. The minimum Gasteiger partial charge on any atom is -0.504 e. The number of phenols is 1. The lowest BCUT2D eigenvalue weighted by molar-refractivity contribution is 0.299. The molecule has 1 aromatic carbocycles. The van der Waals surface area contributed by atoms with Crippen molar-refractivity contribution < 1.29 is 9.84 Å². The van der Waals surface area contributed by atoms with Crippen LogP contribution in [-0.4, -0.2) is 11.7 Å². The zero-order valence-corrected chi connectivity index (χ0v) is 9.29. The van der Waals surface area contributed by atoms with E-state index in [9.17, 15) is 5.11 Å². The molecule has 0 saturated heterocycles. The largest absolute Gasteiger partial charge is 0.504 e. The molecule has 0 saturated carbocycles. The van der Waals surface area contributed by atoms with Gasteiger partial charge in [-0.1, -0.05) is 39.3 Å². The second-order valence-corrected chi connectivity index (χ2v) is 3.02. The minimum absolute atomic E-state index is 0.209. The van der Waals surface area contributed by atoms with Crippen molar-refractivity contribution >= 4 is 0 Å². The second kappa shape index (κ2) is 8.42. The summed E-state index contributed by atoms with van der Waals surface area (Å²) in [6.45, 7) is 6.93. The van der Waals surface area contributed by atoms with Crippen molar-refractivity contribution in [2.75, 3.05) is 6.61 Å². The summed E-state index contributed by atoms with van der Waals surface area (Å²) in [5.41, 5.74) is 0. The molecule has 0 aliphatic rings. The number of hydrogen-bond donors (Lipinski definition) is 1. The van der Waals surface area contributed by atoms with E-state index in [0.29, 0.717) is 12.4 Å². The van der Waals surface area contributed by atoms with Crippen LogP contribution in [0.3, 0.4) is 0 Å². The van der Waals surface area contributed by atoms with Gasteiger partial charge >= 0.3 is 0 Å². The van der Waals surface area contributed by atoms with Crippen LogP contribution in [0.5, 0.6) is 11.5 Å². The summed E-state index contributed by atoms with van der Waals surface area (Å²) in [6.07, 6.45) is 2.20. The van der Waals surface area contributed by atoms with Crippen LogP contribution in [0.4, 0.5) is 0 Å². The van der Waals surface area contributed by atoms with Gasteiger partial charge in [0.15, 0.2) is 11.5 Å². The van der Waals surface area contributed by atoms with Crippen LogP contribution in [0, 0.1) is 0 Å². The number of rotatable bonds is 3. The Balaban J connectivity index is 0.000000500. The molecular weight excluding hydrogens is 176 g/mol. The molecule has 0 spiro atoms. The summed E-state index contributed by atoms with van der Waals surface area (Å²) >= 11 is 0. The predicted molar refractivity (Wildman–Crippen MR) is 59.9 cm³/mol. The molecule has 0 aromatic heterocycles. The summed E-state index contributed by atoms with van der Waals surface area (Å²) in [7, 11) is 0. The van der Waals surface area contributed by atoms with Gasteiger partial charge in [-0.05, 0) is 18.6 Å². The van der Waals surface area contributed by atoms with E-state index in [4.69, 9.17) is 4.74 Å². The van der Waals surface area contributed by atoms with Crippen LogP contribution in [-0.2, 0) is 0 Å². The molecule has 0 aliphatic carbocycles. The van der Waals surface area contributed by atoms with E-state index in [1.807, 2.05) is 13.0 Å². The van der Waals surface area contributed by atoms with Crippen molar-refractivity contribution in [2.45, 2.75) is 33.6 Å². The molecule has 0 heterocycles. The lowest BCUT2D eigenvalue weighted by atomic mass is 10.3. The Morgan fingerprint density at radius 2 is 1.71 bits per heavy atom. The molecule has 14 heavy (non-hydrogen) atoms. The van der Waals surface area contributed by atoms with Crippen molar-refractivity contribution in [3.8, 4) is 11.5 Å². The second-order valence-electron chi connectivity index (χ2n) is 3.02. The first-order valence-electron chi connectivity index (χ1n) is 5.17. The van der Waals surface area contributed by atoms with E-state index in [1.54, 1.807) is 18.2 Å². The standard InChI is InChI=1S/C9H12O2.C3H8/c1-2-7-11-9-6-4-3-5-8(9)10;1-3-2/h3-6,10H,2,7H2,1H3;3H2,1-2H3. The van der Waals surface area contributed by atoms with E-state index < -0.39 is 0 Å². The molecule has 1 aromatic rings. The molecule has 0 unspecified atom stereocenters. The fraction of sp³-hybridized carbons (Fsp3) is 0.500. The Bertz CT molecular complexity index is 234. The number of hydrogen-bond acceptors (Lipinski definition) is 2. The Morgan fingerprint density at radius 1 is 1.14 bits per heavy atom. The first-order chi connectivity index (χ1) is 6.76. The van der Waals surface area contributed by atoms with Crippen LogP contribution in [0.25, 0.3) is 0 Å². The van der Waals surface area contributed by atoms with Gasteiger partial charge < -0.3 is 9.84 Å². The zero-order valence-electron chi connectivity index (χ0n) is 9.29. The first-order valence-corrected chi connectivity index (χ1v) is 5.17. The lowest BCUT2D eigenvalue weighted by Crippen LogP contribution is -1.94. The van der Waals surface area contributed by atoms with Gasteiger partial charge in [0.05, 0.1) is 6.61 Å². The summed E-state index contributed by atoms with van der Waals surface area (Å²) in [4.78, 5) is 0. The molecule has 2 heteroatoms. The first kappa shape index (κ1) is 12.8. The minimum atomic E-state index is 0.209. The molecule has 0 aliphatic heterocycles. The van der Waals surface area contributed by atoms with Crippen LogP contribution in [0.1, 0.15) is 33.6 Å². The van der Waals surface area contributed by atoms with Gasteiger partial charge in [0.1, 0.15) is 0 Å². The van der Waals surface area contributed by atoms with Crippen molar-refractivity contribution in [1.82, 2.24) is 0 Å². The van der Waals surface area contributed by atoms with Crippen LogP contribution in [0.15, 0.2) is 24.3 Å². The molecule has 0 fully saturated rings.